The maximum absolute atomic E-state index is 6.15. The van der Waals surface area contributed by atoms with E-state index in [1.807, 2.05) is 6.07 Å². The summed E-state index contributed by atoms with van der Waals surface area (Å²) < 4.78 is 0. The van der Waals surface area contributed by atoms with Crippen LogP contribution in [0.15, 0.2) is 24.3 Å². The van der Waals surface area contributed by atoms with E-state index in [1.54, 1.807) is 0 Å². The molecule has 1 atom stereocenters. The van der Waals surface area contributed by atoms with Gasteiger partial charge in [0.15, 0.2) is 0 Å². The Balaban J connectivity index is 1.32. The lowest BCUT2D eigenvalue weighted by atomic mass is 9.97. The fourth-order valence-electron chi connectivity index (χ4n) is 4.88. The Hall–Kier alpha value is -0.770. The van der Waals surface area contributed by atoms with E-state index < -0.39 is 0 Å². The maximum atomic E-state index is 6.15. The molecule has 3 saturated heterocycles. The Morgan fingerprint density at radius 2 is 1.54 bits per heavy atom. The molecule has 132 valence electrons. The average molecular weight is 348 g/mol. The van der Waals surface area contributed by atoms with Crippen LogP contribution in [0.5, 0.6) is 0 Å². The van der Waals surface area contributed by atoms with Gasteiger partial charge in [-0.15, -0.1) is 0 Å². The standard InChI is InChI=1S/C20H30ClN3/c21-17-5-3-6-19(15-17)23-13-8-18(9-14-23)24-12-4-7-20(16-24)22-10-1-2-11-22/h3,5-6,15,18,20H,1-2,4,7-14,16H2. The van der Waals surface area contributed by atoms with Crippen molar-refractivity contribution >= 4 is 17.3 Å². The third-order valence-electron chi connectivity index (χ3n) is 6.24. The quantitative estimate of drug-likeness (QED) is 0.821. The summed E-state index contributed by atoms with van der Waals surface area (Å²) in [7, 11) is 0. The fourth-order valence-corrected chi connectivity index (χ4v) is 5.07. The van der Waals surface area contributed by atoms with Crippen LogP contribution in [0.25, 0.3) is 0 Å². The van der Waals surface area contributed by atoms with Crippen molar-refractivity contribution in [1.82, 2.24) is 9.80 Å². The van der Waals surface area contributed by atoms with E-state index in [-0.39, 0.29) is 0 Å². The molecular formula is C20H30ClN3. The molecule has 0 bridgehead atoms. The summed E-state index contributed by atoms with van der Waals surface area (Å²) in [5.74, 6) is 0. The first-order valence-corrected chi connectivity index (χ1v) is 10.2. The SMILES string of the molecule is Clc1cccc(N2CCC(N3CCCC(N4CCCC4)C3)CC2)c1. The van der Waals surface area contributed by atoms with Crippen LogP contribution in [0, 0.1) is 0 Å². The second kappa shape index (κ2) is 7.63. The molecule has 3 heterocycles. The molecule has 1 aromatic rings. The van der Waals surface area contributed by atoms with Gasteiger partial charge >= 0.3 is 0 Å². The van der Waals surface area contributed by atoms with E-state index in [2.05, 4.69) is 32.9 Å². The Bertz CT molecular complexity index is 535. The Kier molecular flexibility index (Phi) is 5.31. The lowest BCUT2D eigenvalue weighted by Crippen LogP contribution is -2.53. The minimum absolute atomic E-state index is 0.783. The van der Waals surface area contributed by atoms with Gasteiger partial charge in [0, 0.05) is 42.4 Å². The Labute approximate surface area is 151 Å². The van der Waals surface area contributed by atoms with Gasteiger partial charge in [-0.1, -0.05) is 17.7 Å². The summed E-state index contributed by atoms with van der Waals surface area (Å²) in [4.78, 5) is 8.07. The van der Waals surface area contributed by atoms with Crippen molar-refractivity contribution in [3.63, 3.8) is 0 Å². The molecule has 0 aromatic heterocycles. The van der Waals surface area contributed by atoms with Crippen molar-refractivity contribution in [2.45, 2.75) is 50.6 Å². The molecule has 0 radical (unpaired) electrons. The third-order valence-corrected chi connectivity index (χ3v) is 6.47. The largest absolute Gasteiger partial charge is 0.371 e. The summed E-state index contributed by atoms with van der Waals surface area (Å²) in [6, 6.07) is 9.93. The molecule has 0 amide bonds. The van der Waals surface area contributed by atoms with Gasteiger partial charge in [0.05, 0.1) is 0 Å². The van der Waals surface area contributed by atoms with E-state index >= 15 is 0 Å². The van der Waals surface area contributed by atoms with Crippen LogP contribution in [-0.4, -0.2) is 61.2 Å². The van der Waals surface area contributed by atoms with Gasteiger partial charge in [-0.3, -0.25) is 9.80 Å². The first kappa shape index (κ1) is 16.7. The number of piperidine rings is 2. The van der Waals surface area contributed by atoms with Gasteiger partial charge in [0.2, 0.25) is 0 Å². The number of likely N-dealkylation sites (tertiary alicyclic amines) is 2. The molecule has 1 aromatic carbocycles. The summed E-state index contributed by atoms with van der Waals surface area (Å²) in [5, 5.41) is 0.846. The maximum Gasteiger partial charge on any atom is 0.0426 e. The van der Waals surface area contributed by atoms with Crippen molar-refractivity contribution in [2.75, 3.05) is 44.2 Å². The third kappa shape index (κ3) is 3.74. The number of benzene rings is 1. The zero-order chi connectivity index (χ0) is 16.4. The molecule has 0 saturated carbocycles. The zero-order valence-corrected chi connectivity index (χ0v) is 15.4. The molecular weight excluding hydrogens is 318 g/mol. The van der Waals surface area contributed by atoms with Gasteiger partial charge in [-0.25, -0.2) is 0 Å². The minimum Gasteiger partial charge on any atom is -0.371 e. The summed E-state index contributed by atoms with van der Waals surface area (Å²) >= 11 is 6.15. The molecule has 1 unspecified atom stereocenters. The predicted octanol–water partition coefficient (Wildman–Crippen LogP) is 3.87. The first-order valence-electron chi connectivity index (χ1n) is 9.78. The molecule has 3 aliphatic rings. The van der Waals surface area contributed by atoms with Gasteiger partial charge in [-0.2, -0.15) is 0 Å². The normalized spacial score (nSPS) is 27.7. The van der Waals surface area contributed by atoms with E-state index in [9.17, 15) is 0 Å². The molecule has 3 nitrogen and oxygen atoms in total. The highest BCUT2D eigenvalue weighted by Gasteiger charge is 2.32. The minimum atomic E-state index is 0.783. The zero-order valence-electron chi connectivity index (χ0n) is 14.7. The molecule has 4 heteroatoms. The number of nitrogens with zero attached hydrogens (tertiary/aromatic N) is 3. The van der Waals surface area contributed by atoms with Crippen molar-refractivity contribution < 1.29 is 0 Å². The van der Waals surface area contributed by atoms with Crippen LogP contribution in [-0.2, 0) is 0 Å². The molecule has 3 fully saturated rings. The van der Waals surface area contributed by atoms with E-state index in [0.717, 1.165) is 30.2 Å². The van der Waals surface area contributed by atoms with Crippen LogP contribution in [0.2, 0.25) is 5.02 Å². The lowest BCUT2D eigenvalue weighted by Gasteiger charge is -2.44. The van der Waals surface area contributed by atoms with Crippen LogP contribution in [0.1, 0.15) is 38.5 Å². The number of anilines is 1. The highest BCUT2D eigenvalue weighted by Crippen LogP contribution is 2.28. The van der Waals surface area contributed by atoms with Crippen LogP contribution < -0.4 is 4.90 Å². The Morgan fingerprint density at radius 1 is 0.792 bits per heavy atom. The van der Waals surface area contributed by atoms with E-state index in [1.165, 1.54) is 70.4 Å². The highest BCUT2D eigenvalue weighted by molar-refractivity contribution is 6.30. The van der Waals surface area contributed by atoms with Gasteiger partial charge in [0.1, 0.15) is 0 Å². The highest BCUT2D eigenvalue weighted by atomic mass is 35.5. The topological polar surface area (TPSA) is 9.72 Å². The number of halogens is 1. The van der Waals surface area contributed by atoms with Crippen LogP contribution >= 0.6 is 11.6 Å². The number of rotatable bonds is 3. The number of hydrogen-bond donors (Lipinski definition) is 0. The second-order valence-electron chi connectivity index (χ2n) is 7.73. The molecule has 24 heavy (non-hydrogen) atoms. The van der Waals surface area contributed by atoms with Gasteiger partial charge in [-0.05, 0) is 76.4 Å². The van der Waals surface area contributed by atoms with Crippen LogP contribution in [0.4, 0.5) is 5.69 Å². The van der Waals surface area contributed by atoms with E-state index in [4.69, 9.17) is 11.6 Å². The van der Waals surface area contributed by atoms with Gasteiger partial charge in [0.25, 0.3) is 0 Å². The molecule has 4 rings (SSSR count). The molecule has 0 aliphatic carbocycles. The summed E-state index contributed by atoms with van der Waals surface area (Å²) in [5.41, 5.74) is 1.29. The van der Waals surface area contributed by atoms with Crippen molar-refractivity contribution in [3.05, 3.63) is 29.3 Å². The summed E-state index contributed by atoms with van der Waals surface area (Å²) in [6.45, 7) is 7.62. The molecule has 3 aliphatic heterocycles. The smallest absolute Gasteiger partial charge is 0.0426 e. The molecule has 0 N–H and O–H groups in total. The van der Waals surface area contributed by atoms with Gasteiger partial charge < -0.3 is 4.90 Å². The van der Waals surface area contributed by atoms with Crippen molar-refractivity contribution in [3.8, 4) is 0 Å². The van der Waals surface area contributed by atoms with E-state index in [0.29, 0.717) is 0 Å². The lowest BCUT2D eigenvalue weighted by molar-refractivity contribution is 0.0736. The van der Waals surface area contributed by atoms with Crippen molar-refractivity contribution in [2.24, 2.45) is 0 Å². The monoisotopic (exact) mass is 347 g/mol. The fraction of sp³-hybridized carbons (Fsp3) is 0.700. The van der Waals surface area contributed by atoms with Crippen molar-refractivity contribution in [1.29, 1.82) is 0 Å². The Morgan fingerprint density at radius 3 is 2.29 bits per heavy atom. The van der Waals surface area contributed by atoms with Crippen LogP contribution in [0.3, 0.4) is 0 Å². The first-order chi connectivity index (χ1) is 11.8. The second-order valence-corrected chi connectivity index (χ2v) is 8.17. The predicted molar refractivity (Wildman–Crippen MR) is 102 cm³/mol. The molecule has 0 spiro atoms. The average Bonchev–Trinajstić information content (AvgIpc) is 3.17. The summed E-state index contributed by atoms with van der Waals surface area (Å²) in [6.07, 6.45) is 8.20. The number of hydrogen-bond acceptors (Lipinski definition) is 3.